The zero-order valence-corrected chi connectivity index (χ0v) is 18.3. The third-order valence-corrected chi connectivity index (χ3v) is 5.65. The number of hydrogen-bond acceptors (Lipinski definition) is 2. The van der Waals surface area contributed by atoms with Gasteiger partial charge >= 0.3 is 0 Å². The van der Waals surface area contributed by atoms with Crippen LogP contribution in [0, 0.1) is 0 Å². The van der Waals surface area contributed by atoms with Crippen molar-refractivity contribution in [3.63, 3.8) is 0 Å². The number of allylic oxidation sites excluding steroid dienone is 1. The molecule has 0 aliphatic heterocycles. The molecule has 0 aliphatic carbocycles. The van der Waals surface area contributed by atoms with Gasteiger partial charge in [-0.2, -0.15) is 0 Å². The normalized spacial score (nSPS) is 11.0. The predicted octanol–water partition coefficient (Wildman–Crippen LogP) is 7.96. The van der Waals surface area contributed by atoms with E-state index in [1.807, 2.05) is 6.92 Å². The van der Waals surface area contributed by atoms with Crippen LogP contribution >= 0.6 is 0 Å². The van der Waals surface area contributed by atoms with Crippen LogP contribution in [0.5, 0.6) is 0 Å². The highest BCUT2D eigenvalue weighted by molar-refractivity contribution is 5.03. The second-order valence-corrected chi connectivity index (χ2v) is 8.35. The molecule has 0 heterocycles. The summed E-state index contributed by atoms with van der Waals surface area (Å²) in [4.78, 5) is 0. The van der Waals surface area contributed by atoms with Crippen molar-refractivity contribution in [2.75, 3.05) is 0 Å². The highest BCUT2D eigenvalue weighted by Gasteiger charge is 1.97. The first-order chi connectivity index (χ1) is 12.7. The Labute approximate surface area is 165 Å². The Morgan fingerprint density at radius 1 is 0.462 bits per heavy atom. The van der Waals surface area contributed by atoms with Gasteiger partial charge in [-0.15, -0.1) is 0 Å². The molecule has 0 radical (unpaired) electrons. The van der Waals surface area contributed by atoms with E-state index in [0.717, 1.165) is 12.0 Å². The van der Waals surface area contributed by atoms with E-state index in [4.69, 9.17) is 11.5 Å². The maximum absolute atomic E-state index is 5.57. The van der Waals surface area contributed by atoms with Gasteiger partial charge in [0.25, 0.3) is 0 Å². The molecule has 0 atom stereocenters. The van der Waals surface area contributed by atoms with Gasteiger partial charge < -0.3 is 11.5 Å². The average molecular weight is 367 g/mol. The van der Waals surface area contributed by atoms with Crippen molar-refractivity contribution in [2.45, 2.75) is 142 Å². The van der Waals surface area contributed by atoms with Crippen LogP contribution in [0.1, 0.15) is 142 Å². The molecule has 0 unspecified atom stereocenters. The zero-order valence-electron chi connectivity index (χ0n) is 18.3. The summed E-state index contributed by atoms with van der Waals surface area (Å²) in [6.45, 7) is 4.34. The van der Waals surface area contributed by atoms with Gasteiger partial charge in [0.2, 0.25) is 0 Å². The third kappa shape index (κ3) is 19.7. The van der Waals surface area contributed by atoms with Crippen molar-refractivity contribution in [1.29, 1.82) is 0 Å². The van der Waals surface area contributed by atoms with Crippen molar-refractivity contribution in [3.8, 4) is 0 Å². The Morgan fingerprint density at radius 2 is 0.731 bits per heavy atom. The molecule has 0 saturated heterocycles. The fourth-order valence-corrected chi connectivity index (χ4v) is 3.61. The molecule has 0 spiro atoms. The van der Waals surface area contributed by atoms with E-state index in [0.29, 0.717) is 5.82 Å². The Bertz CT molecular complexity index is 305. The fraction of sp³-hybridized carbons (Fsp3) is 0.917. The minimum atomic E-state index is 0.521. The van der Waals surface area contributed by atoms with E-state index in [1.54, 1.807) is 0 Å². The summed E-state index contributed by atoms with van der Waals surface area (Å²) in [5.74, 6) is 0.521. The predicted molar refractivity (Wildman–Crippen MR) is 119 cm³/mol. The molecule has 2 nitrogen and oxygen atoms in total. The highest BCUT2D eigenvalue weighted by Crippen LogP contribution is 2.15. The lowest BCUT2D eigenvalue weighted by Crippen LogP contribution is -2.10. The minimum Gasteiger partial charge on any atom is -0.386 e. The largest absolute Gasteiger partial charge is 0.386 e. The fourth-order valence-electron chi connectivity index (χ4n) is 3.61. The Morgan fingerprint density at radius 3 is 1.00 bits per heavy atom. The summed E-state index contributed by atoms with van der Waals surface area (Å²) in [5, 5.41) is 0. The minimum absolute atomic E-state index is 0.521. The molecule has 0 aromatic heterocycles. The molecule has 26 heavy (non-hydrogen) atoms. The van der Waals surface area contributed by atoms with E-state index in [2.05, 4.69) is 6.92 Å². The molecule has 0 bridgehead atoms. The van der Waals surface area contributed by atoms with E-state index >= 15 is 0 Å². The van der Waals surface area contributed by atoms with Crippen molar-refractivity contribution >= 4 is 0 Å². The van der Waals surface area contributed by atoms with Gasteiger partial charge in [-0.1, -0.05) is 122 Å². The lowest BCUT2D eigenvalue weighted by Gasteiger charge is -2.05. The van der Waals surface area contributed by atoms with Crippen LogP contribution in [-0.4, -0.2) is 0 Å². The number of unbranched alkanes of at least 4 members (excludes halogenated alkanes) is 18. The zero-order chi connectivity index (χ0) is 19.3. The summed E-state index contributed by atoms with van der Waals surface area (Å²) in [6, 6.07) is 0. The molecule has 0 aromatic carbocycles. The summed E-state index contributed by atoms with van der Waals surface area (Å²) in [5.41, 5.74) is 12.3. The third-order valence-electron chi connectivity index (χ3n) is 5.65. The Hall–Kier alpha value is -0.660. The first-order valence-electron chi connectivity index (χ1n) is 11.9. The van der Waals surface area contributed by atoms with Gasteiger partial charge in [0, 0.05) is 0 Å². The lowest BCUT2D eigenvalue weighted by atomic mass is 10.0. The van der Waals surface area contributed by atoms with Crippen LogP contribution in [0.4, 0.5) is 0 Å². The van der Waals surface area contributed by atoms with Gasteiger partial charge in [0.05, 0.1) is 5.82 Å². The maximum Gasteiger partial charge on any atom is 0.0922 e. The summed E-state index contributed by atoms with van der Waals surface area (Å²) in [6.07, 6.45) is 28.2. The van der Waals surface area contributed by atoms with Crippen LogP contribution in [0.15, 0.2) is 11.4 Å². The monoisotopic (exact) mass is 366 g/mol. The second kappa shape index (κ2) is 20.6. The van der Waals surface area contributed by atoms with Crippen LogP contribution in [0.2, 0.25) is 0 Å². The van der Waals surface area contributed by atoms with E-state index < -0.39 is 0 Å². The summed E-state index contributed by atoms with van der Waals surface area (Å²) in [7, 11) is 0. The lowest BCUT2D eigenvalue weighted by molar-refractivity contribution is 0.523. The molecular weight excluding hydrogens is 316 g/mol. The van der Waals surface area contributed by atoms with E-state index in [1.165, 1.54) is 122 Å². The van der Waals surface area contributed by atoms with Crippen LogP contribution in [0.3, 0.4) is 0 Å². The first-order valence-corrected chi connectivity index (χ1v) is 11.9. The average Bonchev–Trinajstić information content (AvgIpc) is 2.63. The van der Waals surface area contributed by atoms with Crippen molar-refractivity contribution in [1.82, 2.24) is 0 Å². The quantitative estimate of drug-likeness (QED) is 0.215. The number of hydrogen-bond donors (Lipinski definition) is 2. The number of rotatable bonds is 20. The van der Waals surface area contributed by atoms with Crippen LogP contribution in [0.25, 0.3) is 0 Å². The topological polar surface area (TPSA) is 52.0 Å². The Kier molecular flexibility index (Phi) is 20.1. The number of nitrogens with two attached hydrogens (primary N) is 2. The highest BCUT2D eigenvalue weighted by atomic mass is 14.8. The molecular formula is C24H50N2. The van der Waals surface area contributed by atoms with Crippen molar-refractivity contribution in [2.24, 2.45) is 11.5 Å². The molecule has 4 N–H and O–H groups in total. The van der Waals surface area contributed by atoms with Crippen LogP contribution < -0.4 is 11.5 Å². The SMILES string of the molecule is CCCCCCCCCCCCCCCCCCCCCC(C)=C(N)N. The molecule has 0 rings (SSSR count). The summed E-state index contributed by atoms with van der Waals surface area (Å²) >= 11 is 0. The molecule has 156 valence electrons. The molecule has 0 aliphatic rings. The molecule has 2 heteroatoms. The maximum atomic E-state index is 5.57. The second-order valence-electron chi connectivity index (χ2n) is 8.35. The summed E-state index contributed by atoms with van der Waals surface area (Å²) < 4.78 is 0. The van der Waals surface area contributed by atoms with Crippen LogP contribution in [-0.2, 0) is 0 Å². The molecule has 0 saturated carbocycles. The van der Waals surface area contributed by atoms with E-state index in [-0.39, 0.29) is 0 Å². The van der Waals surface area contributed by atoms with Gasteiger partial charge in [0.1, 0.15) is 0 Å². The van der Waals surface area contributed by atoms with E-state index in [9.17, 15) is 0 Å². The van der Waals surface area contributed by atoms with Crippen molar-refractivity contribution in [3.05, 3.63) is 11.4 Å². The first kappa shape index (κ1) is 25.3. The van der Waals surface area contributed by atoms with Gasteiger partial charge in [-0.3, -0.25) is 0 Å². The van der Waals surface area contributed by atoms with Gasteiger partial charge in [0.15, 0.2) is 0 Å². The van der Waals surface area contributed by atoms with Gasteiger partial charge in [-0.05, 0) is 25.3 Å². The molecule has 0 fully saturated rings. The Balaban J connectivity index is 3.06. The molecule has 0 aromatic rings. The standard InChI is InChI=1S/C24H50N2/c1-3-4-5-6-7-8-9-10-11-12-13-14-15-16-17-18-19-20-21-22-23(2)24(25)26/h3-22,25-26H2,1-2H3. The van der Waals surface area contributed by atoms with Crippen molar-refractivity contribution < 1.29 is 0 Å². The van der Waals surface area contributed by atoms with Gasteiger partial charge in [-0.25, -0.2) is 0 Å². The smallest absolute Gasteiger partial charge is 0.0922 e. The molecule has 0 amide bonds.